The summed E-state index contributed by atoms with van der Waals surface area (Å²) in [5.41, 5.74) is 1.52. The van der Waals surface area contributed by atoms with E-state index in [9.17, 15) is 0 Å². The monoisotopic (exact) mass is 269 g/mol. The minimum Gasteiger partial charge on any atom is -0.304 e. The number of halogens is 1. The highest BCUT2D eigenvalue weighted by molar-refractivity contribution is 9.10. The molecule has 3 heteroatoms. The summed E-state index contributed by atoms with van der Waals surface area (Å²) in [4.78, 5) is 4.90. The molecule has 1 aliphatic carbocycles. The Kier molecular flexibility index (Phi) is 3.44. The van der Waals surface area contributed by atoms with Crippen LogP contribution in [-0.2, 0) is 10.3 Å². The Labute approximate surface area is 98.9 Å². The van der Waals surface area contributed by atoms with Gasteiger partial charge < -0.3 is 4.84 Å². The predicted molar refractivity (Wildman–Crippen MR) is 64.4 cm³/mol. The van der Waals surface area contributed by atoms with Crippen LogP contribution in [-0.4, -0.2) is 6.61 Å². The fourth-order valence-electron chi connectivity index (χ4n) is 2.53. The van der Waals surface area contributed by atoms with E-state index in [1.54, 1.807) is 0 Å². The van der Waals surface area contributed by atoms with Crippen LogP contribution in [0, 0.1) is 0 Å². The van der Waals surface area contributed by atoms with Crippen LogP contribution >= 0.6 is 15.9 Å². The lowest BCUT2D eigenvalue weighted by molar-refractivity contribution is 0.0849. The lowest BCUT2D eigenvalue weighted by Gasteiger charge is -2.28. The van der Waals surface area contributed by atoms with Crippen molar-refractivity contribution in [2.24, 2.45) is 5.90 Å². The summed E-state index contributed by atoms with van der Waals surface area (Å²) in [5, 5.41) is 0. The van der Waals surface area contributed by atoms with Gasteiger partial charge in [0.15, 0.2) is 0 Å². The van der Waals surface area contributed by atoms with E-state index in [1.807, 2.05) is 0 Å². The zero-order valence-corrected chi connectivity index (χ0v) is 10.3. The minimum absolute atomic E-state index is 0.162. The molecule has 1 aromatic rings. The summed E-state index contributed by atoms with van der Waals surface area (Å²) in [6, 6.07) is 8.53. The van der Waals surface area contributed by atoms with Crippen molar-refractivity contribution >= 4 is 15.9 Å². The molecule has 0 spiro atoms. The van der Waals surface area contributed by atoms with Crippen LogP contribution in [0.4, 0.5) is 0 Å². The van der Waals surface area contributed by atoms with Gasteiger partial charge in [0.05, 0.1) is 6.61 Å². The molecule has 0 radical (unpaired) electrons. The molecule has 0 bridgehead atoms. The van der Waals surface area contributed by atoms with Crippen molar-refractivity contribution in [3.8, 4) is 0 Å². The van der Waals surface area contributed by atoms with Gasteiger partial charge in [-0.3, -0.25) is 0 Å². The molecule has 2 nitrogen and oxygen atoms in total. The highest BCUT2D eigenvalue weighted by Gasteiger charge is 2.35. The van der Waals surface area contributed by atoms with E-state index in [-0.39, 0.29) is 5.41 Å². The minimum atomic E-state index is 0.162. The first-order chi connectivity index (χ1) is 7.27. The van der Waals surface area contributed by atoms with Crippen LogP contribution in [0.3, 0.4) is 0 Å². The van der Waals surface area contributed by atoms with Gasteiger partial charge in [-0.15, -0.1) is 0 Å². The molecule has 15 heavy (non-hydrogen) atoms. The maximum atomic E-state index is 5.25. The Balaban J connectivity index is 2.28. The Hall–Kier alpha value is -0.380. The molecule has 1 fully saturated rings. The molecule has 1 aliphatic rings. The number of rotatable bonds is 3. The van der Waals surface area contributed by atoms with E-state index >= 15 is 0 Å². The van der Waals surface area contributed by atoms with E-state index in [4.69, 9.17) is 10.7 Å². The molecular formula is C12H16BrNO. The van der Waals surface area contributed by atoms with Crippen molar-refractivity contribution < 1.29 is 4.84 Å². The molecule has 0 aromatic heterocycles. The second-order valence-electron chi connectivity index (χ2n) is 4.31. The van der Waals surface area contributed by atoms with Crippen molar-refractivity contribution in [3.63, 3.8) is 0 Å². The van der Waals surface area contributed by atoms with Crippen LogP contribution in [0.25, 0.3) is 0 Å². The predicted octanol–water partition coefficient (Wildman–Crippen LogP) is 3.15. The first kappa shape index (κ1) is 11.1. The summed E-state index contributed by atoms with van der Waals surface area (Å²) < 4.78 is 1.12. The SMILES string of the molecule is NOCC1(c2ccc(Br)cc2)CCCC1. The lowest BCUT2D eigenvalue weighted by atomic mass is 9.80. The normalized spacial score (nSPS) is 19.3. The summed E-state index contributed by atoms with van der Waals surface area (Å²) >= 11 is 3.45. The Morgan fingerprint density at radius 2 is 1.80 bits per heavy atom. The molecule has 82 valence electrons. The third kappa shape index (κ3) is 2.25. The lowest BCUT2D eigenvalue weighted by Crippen LogP contribution is -2.30. The first-order valence-corrected chi connectivity index (χ1v) is 6.14. The molecular weight excluding hydrogens is 254 g/mol. The Morgan fingerprint density at radius 3 is 2.33 bits per heavy atom. The summed E-state index contributed by atoms with van der Waals surface area (Å²) in [6.07, 6.45) is 4.93. The van der Waals surface area contributed by atoms with Gasteiger partial charge in [0, 0.05) is 9.89 Å². The molecule has 0 atom stereocenters. The van der Waals surface area contributed by atoms with Crippen molar-refractivity contribution in [3.05, 3.63) is 34.3 Å². The molecule has 0 amide bonds. The van der Waals surface area contributed by atoms with Gasteiger partial charge in [-0.05, 0) is 30.5 Å². The molecule has 2 N–H and O–H groups in total. The van der Waals surface area contributed by atoms with Crippen molar-refractivity contribution in [2.45, 2.75) is 31.1 Å². The fourth-order valence-corrected chi connectivity index (χ4v) is 2.80. The van der Waals surface area contributed by atoms with Crippen LogP contribution in [0.15, 0.2) is 28.7 Å². The maximum absolute atomic E-state index is 5.25. The molecule has 0 unspecified atom stereocenters. The van der Waals surface area contributed by atoms with E-state index < -0.39 is 0 Å². The van der Waals surface area contributed by atoms with Gasteiger partial charge in [-0.25, -0.2) is 5.90 Å². The standard InChI is InChI=1S/C12H16BrNO/c13-11-5-3-10(4-6-11)12(9-15-14)7-1-2-8-12/h3-6H,1-2,7-9,14H2. The number of nitrogens with two attached hydrogens (primary N) is 1. The molecule has 0 saturated heterocycles. The quantitative estimate of drug-likeness (QED) is 0.856. The van der Waals surface area contributed by atoms with Crippen LogP contribution in [0.5, 0.6) is 0 Å². The summed E-state index contributed by atoms with van der Waals surface area (Å²) in [6.45, 7) is 0.634. The number of benzene rings is 1. The Morgan fingerprint density at radius 1 is 1.20 bits per heavy atom. The first-order valence-electron chi connectivity index (χ1n) is 5.35. The Bertz CT molecular complexity index is 317. The van der Waals surface area contributed by atoms with Gasteiger partial charge in [0.25, 0.3) is 0 Å². The van der Waals surface area contributed by atoms with E-state index in [2.05, 4.69) is 40.2 Å². The number of hydrogen-bond acceptors (Lipinski definition) is 2. The highest BCUT2D eigenvalue weighted by Crippen LogP contribution is 2.41. The average molecular weight is 270 g/mol. The van der Waals surface area contributed by atoms with Crippen LogP contribution < -0.4 is 5.90 Å². The maximum Gasteiger partial charge on any atom is 0.0775 e. The average Bonchev–Trinajstić information content (AvgIpc) is 2.69. The van der Waals surface area contributed by atoms with E-state index in [0.717, 1.165) is 4.47 Å². The highest BCUT2D eigenvalue weighted by atomic mass is 79.9. The molecule has 0 heterocycles. The summed E-state index contributed by atoms with van der Waals surface area (Å²) in [5.74, 6) is 5.25. The van der Waals surface area contributed by atoms with E-state index in [0.29, 0.717) is 6.61 Å². The zero-order valence-electron chi connectivity index (χ0n) is 8.71. The van der Waals surface area contributed by atoms with Gasteiger partial charge in [-0.1, -0.05) is 40.9 Å². The van der Waals surface area contributed by atoms with Gasteiger partial charge in [0.2, 0.25) is 0 Å². The molecule has 2 rings (SSSR count). The van der Waals surface area contributed by atoms with Crippen molar-refractivity contribution in [1.82, 2.24) is 0 Å². The third-order valence-corrected chi connectivity index (χ3v) is 3.91. The van der Waals surface area contributed by atoms with Crippen molar-refractivity contribution in [2.75, 3.05) is 6.61 Å². The van der Waals surface area contributed by atoms with Gasteiger partial charge in [0.1, 0.15) is 0 Å². The summed E-state index contributed by atoms with van der Waals surface area (Å²) in [7, 11) is 0. The zero-order chi connectivity index (χ0) is 10.7. The second kappa shape index (κ2) is 4.64. The van der Waals surface area contributed by atoms with E-state index in [1.165, 1.54) is 31.2 Å². The van der Waals surface area contributed by atoms with Crippen LogP contribution in [0.2, 0.25) is 0 Å². The number of hydrogen-bond donors (Lipinski definition) is 1. The second-order valence-corrected chi connectivity index (χ2v) is 5.22. The van der Waals surface area contributed by atoms with Gasteiger partial charge in [-0.2, -0.15) is 0 Å². The van der Waals surface area contributed by atoms with Crippen molar-refractivity contribution in [1.29, 1.82) is 0 Å². The van der Waals surface area contributed by atoms with Gasteiger partial charge >= 0.3 is 0 Å². The van der Waals surface area contributed by atoms with Crippen LogP contribution in [0.1, 0.15) is 31.2 Å². The topological polar surface area (TPSA) is 35.2 Å². The fraction of sp³-hybridized carbons (Fsp3) is 0.500. The largest absolute Gasteiger partial charge is 0.304 e. The molecule has 0 aliphatic heterocycles. The molecule has 1 saturated carbocycles. The molecule has 1 aromatic carbocycles. The third-order valence-electron chi connectivity index (χ3n) is 3.38. The smallest absolute Gasteiger partial charge is 0.0775 e.